The molecule has 4 nitrogen and oxygen atoms in total. The van der Waals surface area contributed by atoms with Gasteiger partial charge in [0, 0.05) is 11.8 Å². The van der Waals surface area contributed by atoms with Crippen LogP contribution in [0.25, 0.3) is 0 Å². The van der Waals surface area contributed by atoms with Crippen molar-refractivity contribution in [1.29, 1.82) is 0 Å². The largest absolute Gasteiger partial charge is 0.508 e. The Kier molecular flexibility index (Phi) is 3.33. The van der Waals surface area contributed by atoms with Crippen LogP contribution >= 0.6 is 0 Å². The number of carbonyl (C=O) groups is 1. The molecule has 2 aromatic rings. The highest BCUT2D eigenvalue weighted by atomic mass is 19.1. The fourth-order valence-corrected chi connectivity index (χ4v) is 1.53. The number of anilines is 1. The van der Waals surface area contributed by atoms with Crippen molar-refractivity contribution in [2.45, 2.75) is 0 Å². The normalized spacial score (nSPS) is 10.2. The van der Waals surface area contributed by atoms with Crippen molar-refractivity contribution in [3.8, 4) is 11.5 Å². The van der Waals surface area contributed by atoms with Gasteiger partial charge in [0.05, 0.1) is 5.56 Å². The molecule has 19 heavy (non-hydrogen) atoms. The molecule has 0 saturated carbocycles. The molecular formula is C13H9F2NO3. The maximum Gasteiger partial charge on any atom is 0.259 e. The Morgan fingerprint density at radius 1 is 1.00 bits per heavy atom. The zero-order valence-corrected chi connectivity index (χ0v) is 9.52. The summed E-state index contributed by atoms with van der Waals surface area (Å²) in [5.74, 6) is -3.04. The molecule has 6 heteroatoms. The van der Waals surface area contributed by atoms with E-state index in [-0.39, 0.29) is 22.7 Å². The molecule has 0 bridgehead atoms. The van der Waals surface area contributed by atoms with E-state index in [9.17, 15) is 23.8 Å². The molecular weight excluding hydrogens is 256 g/mol. The van der Waals surface area contributed by atoms with Gasteiger partial charge in [0.25, 0.3) is 5.91 Å². The number of benzene rings is 2. The molecule has 0 unspecified atom stereocenters. The van der Waals surface area contributed by atoms with Gasteiger partial charge in [-0.1, -0.05) is 0 Å². The van der Waals surface area contributed by atoms with E-state index in [1.165, 1.54) is 6.07 Å². The molecule has 0 radical (unpaired) electrons. The standard InChI is InChI=1S/C13H9F2NO3/c14-7-3-8(15)5-9(4-7)16-13(19)11-6-10(17)1-2-12(11)18/h1-6,17-18H,(H,16,19). The summed E-state index contributed by atoms with van der Waals surface area (Å²) in [5, 5.41) is 20.9. The van der Waals surface area contributed by atoms with Crippen molar-refractivity contribution in [3.63, 3.8) is 0 Å². The summed E-state index contributed by atoms with van der Waals surface area (Å²) in [4.78, 5) is 11.8. The molecule has 0 aromatic heterocycles. The van der Waals surface area contributed by atoms with E-state index < -0.39 is 17.5 Å². The number of hydrogen-bond acceptors (Lipinski definition) is 3. The van der Waals surface area contributed by atoms with Crippen molar-refractivity contribution in [2.75, 3.05) is 5.32 Å². The summed E-state index contributed by atoms with van der Waals surface area (Å²) in [7, 11) is 0. The van der Waals surface area contributed by atoms with Crippen LogP contribution in [0.2, 0.25) is 0 Å². The summed E-state index contributed by atoms with van der Waals surface area (Å²) in [5.41, 5.74) is -0.296. The van der Waals surface area contributed by atoms with E-state index >= 15 is 0 Å². The molecule has 0 aliphatic heterocycles. The monoisotopic (exact) mass is 265 g/mol. The van der Waals surface area contributed by atoms with Gasteiger partial charge in [-0.3, -0.25) is 4.79 Å². The number of nitrogens with one attached hydrogen (secondary N) is 1. The van der Waals surface area contributed by atoms with Crippen molar-refractivity contribution in [2.24, 2.45) is 0 Å². The van der Waals surface area contributed by atoms with Crippen LogP contribution in [0.1, 0.15) is 10.4 Å². The Balaban J connectivity index is 2.28. The van der Waals surface area contributed by atoms with Gasteiger partial charge in [-0.05, 0) is 30.3 Å². The number of carbonyl (C=O) groups excluding carboxylic acids is 1. The summed E-state index contributed by atoms with van der Waals surface area (Å²) >= 11 is 0. The number of hydrogen-bond donors (Lipinski definition) is 3. The fourth-order valence-electron chi connectivity index (χ4n) is 1.53. The molecule has 0 atom stereocenters. The third kappa shape index (κ3) is 2.98. The lowest BCUT2D eigenvalue weighted by Crippen LogP contribution is -2.12. The Bertz CT molecular complexity index is 624. The highest BCUT2D eigenvalue weighted by Gasteiger charge is 2.13. The lowest BCUT2D eigenvalue weighted by atomic mass is 10.1. The lowest BCUT2D eigenvalue weighted by Gasteiger charge is -2.07. The number of halogens is 2. The second-order valence-corrected chi connectivity index (χ2v) is 3.81. The third-order valence-electron chi connectivity index (χ3n) is 2.35. The van der Waals surface area contributed by atoms with Crippen molar-refractivity contribution < 1.29 is 23.8 Å². The van der Waals surface area contributed by atoms with E-state index in [1.54, 1.807) is 0 Å². The molecule has 0 spiro atoms. The highest BCUT2D eigenvalue weighted by molar-refractivity contribution is 6.06. The van der Waals surface area contributed by atoms with Gasteiger partial charge >= 0.3 is 0 Å². The van der Waals surface area contributed by atoms with Crippen molar-refractivity contribution in [3.05, 3.63) is 53.6 Å². The SMILES string of the molecule is O=C(Nc1cc(F)cc(F)c1)c1cc(O)ccc1O. The van der Waals surface area contributed by atoms with Crippen LogP contribution in [0.5, 0.6) is 11.5 Å². The Morgan fingerprint density at radius 3 is 2.26 bits per heavy atom. The minimum Gasteiger partial charge on any atom is -0.508 e. The van der Waals surface area contributed by atoms with Crippen molar-refractivity contribution in [1.82, 2.24) is 0 Å². The molecule has 0 aliphatic carbocycles. The van der Waals surface area contributed by atoms with E-state index in [4.69, 9.17) is 0 Å². The van der Waals surface area contributed by atoms with Gasteiger partial charge in [-0.25, -0.2) is 8.78 Å². The molecule has 0 heterocycles. The van der Waals surface area contributed by atoms with E-state index in [1.807, 2.05) is 0 Å². The third-order valence-corrected chi connectivity index (χ3v) is 2.35. The molecule has 0 aliphatic rings. The second kappa shape index (κ2) is 4.93. The molecule has 1 amide bonds. The van der Waals surface area contributed by atoms with E-state index in [0.717, 1.165) is 24.3 Å². The van der Waals surface area contributed by atoms with Gasteiger partial charge in [-0.15, -0.1) is 0 Å². The van der Waals surface area contributed by atoms with Crippen LogP contribution in [-0.2, 0) is 0 Å². The Morgan fingerprint density at radius 2 is 1.63 bits per heavy atom. The van der Waals surface area contributed by atoms with Crippen LogP contribution in [-0.4, -0.2) is 16.1 Å². The molecule has 98 valence electrons. The topological polar surface area (TPSA) is 69.6 Å². The summed E-state index contributed by atoms with van der Waals surface area (Å²) in [6.45, 7) is 0. The minimum absolute atomic E-state index is 0.0924. The predicted octanol–water partition coefficient (Wildman–Crippen LogP) is 2.63. The molecule has 2 aromatic carbocycles. The maximum absolute atomic E-state index is 12.9. The van der Waals surface area contributed by atoms with Crippen LogP contribution < -0.4 is 5.32 Å². The summed E-state index contributed by atoms with van der Waals surface area (Å²) in [6, 6.07) is 5.91. The number of phenolic OH excluding ortho intramolecular Hbond substituents is 2. The Hall–Kier alpha value is -2.63. The fraction of sp³-hybridized carbons (Fsp3) is 0. The van der Waals surface area contributed by atoms with E-state index in [0.29, 0.717) is 6.07 Å². The first-order valence-electron chi connectivity index (χ1n) is 5.25. The number of aromatic hydroxyl groups is 2. The van der Waals surface area contributed by atoms with Gasteiger partial charge in [-0.2, -0.15) is 0 Å². The zero-order chi connectivity index (χ0) is 14.0. The lowest BCUT2D eigenvalue weighted by molar-refractivity contribution is 0.102. The quantitative estimate of drug-likeness (QED) is 0.731. The average molecular weight is 265 g/mol. The van der Waals surface area contributed by atoms with Crippen LogP contribution in [0.4, 0.5) is 14.5 Å². The first-order valence-corrected chi connectivity index (χ1v) is 5.25. The molecule has 3 N–H and O–H groups in total. The number of rotatable bonds is 2. The van der Waals surface area contributed by atoms with Gasteiger partial charge in [0.15, 0.2) is 0 Å². The van der Waals surface area contributed by atoms with E-state index in [2.05, 4.69) is 5.32 Å². The smallest absolute Gasteiger partial charge is 0.259 e. The van der Waals surface area contributed by atoms with Gasteiger partial charge in [0.1, 0.15) is 23.1 Å². The molecule has 0 saturated heterocycles. The zero-order valence-electron chi connectivity index (χ0n) is 9.52. The average Bonchev–Trinajstić information content (AvgIpc) is 2.30. The number of amides is 1. The number of phenols is 2. The maximum atomic E-state index is 12.9. The second-order valence-electron chi connectivity index (χ2n) is 3.81. The van der Waals surface area contributed by atoms with Crippen LogP contribution in [0.3, 0.4) is 0 Å². The first kappa shape index (κ1) is 12.8. The first-order chi connectivity index (χ1) is 8.95. The minimum atomic E-state index is -0.838. The van der Waals surface area contributed by atoms with Crippen LogP contribution in [0, 0.1) is 11.6 Å². The van der Waals surface area contributed by atoms with Crippen LogP contribution in [0.15, 0.2) is 36.4 Å². The van der Waals surface area contributed by atoms with Gasteiger partial charge < -0.3 is 15.5 Å². The van der Waals surface area contributed by atoms with Crippen molar-refractivity contribution >= 4 is 11.6 Å². The highest BCUT2D eigenvalue weighted by Crippen LogP contribution is 2.23. The summed E-state index contributed by atoms with van der Waals surface area (Å²) in [6.07, 6.45) is 0. The van der Waals surface area contributed by atoms with Gasteiger partial charge in [0.2, 0.25) is 0 Å². The molecule has 2 rings (SSSR count). The Labute approximate surface area is 106 Å². The summed E-state index contributed by atoms with van der Waals surface area (Å²) < 4.78 is 25.9. The molecule has 0 fully saturated rings. The predicted molar refractivity (Wildman–Crippen MR) is 64.1 cm³/mol.